The number of carbonyl (C=O) groups excluding carboxylic acids is 1. The van der Waals surface area contributed by atoms with E-state index in [1.807, 2.05) is 0 Å². The second-order valence-corrected chi connectivity index (χ2v) is 7.98. The molecule has 138 valence electrons. The fraction of sp³-hybridized carbons (Fsp3) is 0.842. The second-order valence-electron chi connectivity index (χ2n) is 7.98. The zero-order chi connectivity index (χ0) is 17.2. The molecule has 1 aromatic rings. The molecule has 0 spiro atoms. The number of carbonyl (C=O) groups is 1. The summed E-state index contributed by atoms with van der Waals surface area (Å²) in [6.07, 6.45) is 11.0. The summed E-state index contributed by atoms with van der Waals surface area (Å²) < 4.78 is 7.45. The van der Waals surface area contributed by atoms with Crippen LogP contribution in [0.1, 0.15) is 63.0 Å². The van der Waals surface area contributed by atoms with Crippen LogP contribution in [-0.4, -0.2) is 51.4 Å². The normalized spacial score (nSPS) is 26.5. The summed E-state index contributed by atoms with van der Waals surface area (Å²) in [5, 5.41) is 8.78. The van der Waals surface area contributed by atoms with Gasteiger partial charge in [0.2, 0.25) is 5.91 Å². The van der Waals surface area contributed by atoms with Crippen LogP contribution in [0.25, 0.3) is 0 Å². The number of methoxy groups -OCH3 is 1. The van der Waals surface area contributed by atoms with Crippen molar-refractivity contribution >= 4 is 5.91 Å². The van der Waals surface area contributed by atoms with E-state index in [-0.39, 0.29) is 0 Å². The van der Waals surface area contributed by atoms with Crippen molar-refractivity contribution < 1.29 is 9.53 Å². The molecule has 1 amide bonds. The van der Waals surface area contributed by atoms with Crippen LogP contribution in [0, 0.1) is 5.92 Å². The molecule has 2 bridgehead atoms. The number of ether oxygens (including phenoxy) is 1. The van der Waals surface area contributed by atoms with Crippen LogP contribution in [0.4, 0.5) is 0 Å². The van der Waals surface area contributed by atoms with Gasteiger partial charge in [0.15, 0.2) is 0 Å². The minimum absolute atomic E-state index is 0.319. The lowest BCUT2D eigenvalue weighted by molar-refractivity contribution is -0.135. The molecule has 2 unspecified atom stereocenters. The maximum atomic E-state index is 13.1. The molecule has 3 heterocycles. The quantitative estimate of drug-likeness (QED) is 0.821. The summed E-state index contributed by atoms with van der Waals surface area (Å²) in [6.45, 7) is 1.52. The zero-order valence-corrected chi connectivity index (χ0v) is 15.3. The van der Waals surface area contributed by atoms with Gasteiger partial charge in [0.25, 0.3) is 0 Å². The Morgan fingerprint density at radius 3 is 2.72 bits per heavy atom. The molecular weight excluding hydrogens is 316 g/mol. The van der Waals surface area contributed by atoms with Crippen LogP contribution in [0.15, 0.2) is 0 Å². The van der Waals surface area contributed by atoms with Crippen LogP contribution in [-0.2, 0) is 28.9 Å². The van der Waals surface area contributed by atoms with Crippen LogP contribution in [0.2, 0.25) is 0 Å². The predicted molar refractivity (Wildman–Crippen MR) is 94.2 cm³/mol. The third kappa shape index (κ3) is 3.46. The van der Waals surface area contributed by atoms with Crippen molar-refractivity contribution in [1.29, 1.82) is 0 Å². The van der Waals surface area contributed by atoms with Crippen LogP contribution in [0.5, 0.6) is 0 Å². The van der Waals surface area contributed by atoms with Gasteiger partial charge in [-0.1, -0.05) is 19.3 Å². The molecule has 6 heteroatoms. The summed E-state index contributed by atoms with van der Waals surface area (Å²) in [5.41, 5.74) is 0. The SMILES string of the molecule is COCCc1nnc2n1CC1CCC(C2)N1C(=O)CC1CCCCC1. The molecule has 2 fully saturated rings. The van der Waals surface area contributed by atoms with Gasteiger partial charge in [-0.25, -0.2) is 0 Å². The molecule has 25 heavy (non-hydrogen) atoms. The standard InChI is InChI=1S/C19H30N4O2/c1-25-10-9-17-20-21-18-12-15-7-8-16(13-22(17)18)23(15)19(24)11-14-5-3-2-4-6-14/h14-16H,2-13H2,1H3. The lowest BCUT2D eigenvalue weighted by Crippen LogP contribution is -2.43. The van der Waals surface area contributed by atoms with E-state index in [9.17, 15) is 4.79 Å². The first-order chi connectivity index (χ1) is 12.3. The van der Waals surface area contributed by atoms with Crippen molar-refractivity contribution in [2.45, 2.75) is 82.8 Å². The summed E-state index contributed by atoms with van der Waals surface area (Å²) in [5.74, 6) is 3.05. The Hall–Kier alpha value is -1.43. The molecular formula is C19H30N4O2. The van der Waals surface area contributed by atoms with Gasteiger partial charge < -0.3 is 14.2 Å². The smallest absolute Gasteiger partial charge is 0.223 e. The lowest BCUT2D eigenvalue weighted by atomic mass is 9.86. The molecule has 1 saturated carbocycles. The molecule has 3 aliphatic rings. The van der Waals surface area contributed by atoms with E-state index in [4.69, 9.17) is 4.74 Å². The fourth-order valence-electron chi connectivity index (χ4n) is 5.03. The van der Waals surface area contributed by atoms with Crippen molar-refractivity contribution in [3.05, 3.63) is 11.6 Å². The maximum absolute atomic E-state index is 13.1. The number of hydrogen-bond acceptors (Lipinski definition) is 4. The van der Waals surface area contributed by atoms with E-state index >= 15 is 0 Å². The van der Waals surface area contributed by atoms with E-state index in [0.29, 0.717) is 30.5 Å². The Morgan fingerprint density at radius 1 is 1.12 bits per heavy atom. The molecule has 6 nitrogen and oxygen atoms in total. The van der Waals surface area contributed by atoms with Gasteiger partial charge in [0.05, 0.1) is 12.6 Å². The lowest BCUT2D eigenvalue weighted by Gasteiger charge is -2.30. The summed E-state index contributed by atoms with van der Waals surface area (Å²) in [7, 11) is 1.72. The summed E-state index contributed by atoms with van der Waals surface area (Å²) in [6, 6.07) is 0.640. The average Bonchev–Trinajstić information content (AvgIpc) is 3.13. The van der Waals surface area contributed by atoms with E-state index in [2.05, 4.69) is 19.7 Å². The summed E-state index contributed by atoms with van der Waals surface area (Å²) in [4.78, 5) is 15.3. The van der Waals surface area contributed by atoms with Crippen molar-refractivity contribution in [2.75, 3.05) is 13.7 Å². The van der Waals surface area contributed by atoms with E-state index in [1.54, 1.807) is 7.11 Å². The highest BCUT2D eigenvalue weighted by atomic mass is 16.5. The number of hydrogen-bond donors (Lipinski definition) is 0. The third-order valence-corrected chi connectivity index (χ3v) is 6.34. The Bertz CT molecular complexity index is 609. The van der Waals surface area contributed by atoms with Crippen LogP contribution < -0.4 is 0 Å². The molecule has 0 aromatic carbocycles. The minimum Gasteiger partial charge on any atom is -0.384 e. The minimum atomic E-state index is 0.319. The maximum Gasteiger partial charge on any atom is 0.223 e. The molecule has 1 aliphatic carbocycles. The number of rotatable bonds is 5. The van der Waals surface area contributed by atoms with Gasteiger partial charge >= 0.3 is 0 Å². The second kappa shape index (κ2) is 7.44. The van der Waals surface area contributed by atoms with Gasteiger partial charge in [0, 0.05) is 39.0 Å². The molecule has 2 atom stereocenters. The number of fused-ring (bicyclic) bond motifs is 3. The van der Waals surface area contributed by atoms with Crippen molar-refractivity contribution in [3.63, 3.8) is 0 Å². The van der Waals surface area contributed by atoms with Crippen molar-refractivity contribution in [2.24, 2.45) is 5.92 Å². The monoisotopic (exact) mass is 346 g/mol. The molecule has 4 rings (SSSR count). The number of aromatic nitrogens is 3. The van der Waals surface area contributed by atoms with Crippen molar-refractivity contribution in [1.82, 2.24) is 19.7 Å². The van der Waals surface area contributed by atoms with Gasteiger partial charge in [-0.05, 0) is 31.6 Å². The van der Waals surface area contributed by atoms with Gasteiger partial charge in [-0.3, -0.25) is 4.79 Å². The first kappa shape index (κ1) is 17.0. The highest BCUT2D eigenvalue weighted by Gasteiger charge is 2.41. The zero-order valence-electron chi connectivity index (χ0n) is 15.3. The first-order valence-electron chi connectivity index (χ1n) is 9.97. The van der Waals surface area contributed by atoms with Gasteiger partial charge in [-0.15, -0.1) is 10.2 Å². The summed E-state index contributed by atoms with van der Waals surface area (Å²) >= 11 is 0. The Balaban J connectivity index is 1.47. The number of nitrogens with zero attached hydrogens (tertiary/aromatic N) is 4. The van der Waals surface area contributed by atoms with Gasteiger partial charge in [0.1, 0.15) is 11.6 Å². The molecule has 2 aliphatic heterocycles. The van der Waals surface area contributed by atoms with E-state index < -0.39 is 0 Å². The average molecular weight is 346 g/mol. The Morgan fingerprint density at radius 2 is 1.92 bits per heavy atom. The Kier molecular flexibility index (Phi) is 5.06. The van der Waals surface area contributed by atoms with E-state index in [0.717, 1.165) is 50.3 Å². The van der Waals surface area contributed by atoms with Gasteiger partial charge in [-0.2, -0.15) is 0 Å². The first-order valence-corrected chi connectivity index (χ1v) is 9.97. The third-order valence-electron chi connectivity index (χ3n) is 6.34. The molecule has 1 aromatic heterocycles. The Labute approximate surface area is 149 Å². The fourth-order valence-corrected chi connectivity index (χ4v) is 5.03. The van der Waals surface area contributed by atoms with Crippen molar-refractivity contribution in [3.8, 4) is 0 Å². The van der Waals surface area contributed by atoms with Crippen LogP contribution >= 0.6 is 0 Å². The highest BCUT2D eigenvalue weighted by Crippen LogP contribution is 2.34. The van der Waals surface area contributed by atoms with Crippen LogP contribution in [0.3, 0.4) is 0 Å². The largest absolute Gasteiger partial charge is 0.384 e. The molecule has 0 radical (unpaired) electrons. The van der Waals surface area contributed by atoms with E-state index in [1.165, 1.54) is 32.1 Å². The predicted octanol–water partition coefficient (Wildman–Crippen LogP) is 2.35. The topological polar surface area (TPSA) is 60.3 Å². The molecule has 1 saturated heterocycles. The number of amides is 1. The molecule has 0 N–H and O–H groups in total. The highest BCUT2D eigenvalue weighted by molar-refractivity contribution is 5.77.